The van der Waals surface area contributed by atoms with Gasteiger partial charge in [-0.1, -0.05) is 24.0 Å². The zero-order valence-corrected chi connectivity index (χ0v) is 9.19. The lowest BCUT2D eigenvalue weighted by Gasteiger charge is -1.97. The van der Waals surface area contributed by atoms with Gasteiger partial charge >= 0.3 is 5.97 Å². The third-order valence-electron chi connectivity index (χ3n) is 2.05. The van der Waals surface area contributed by atoms with Crippen molar-refractivity contribution in [3.8, 4) is 11.8 Å². The van der Waals surface area contributed by atoms with Crippen LogP contribution in [0.25, 0.3) is 0 Å². The van der Waals surface area contributed by atoms with E-state index < -0.39 is 0 Å². The highest BCUT2D eigenvalue weighted by Crippen LogP contribution is 2.03. The minimum absolute atomic E-state index is 0.106. The van der Waals surface area contributed by atoms with E-state index in [1.54, 1.807) is 0 Å². The van der Waals surface area contributed by atoms with Crippen molar-refractivity contribution in [2.45, 2.75) is 12.8 Å². The van der Waals surface area contributed by atoms with Gasteiger partial charge in [0.15, 0.2) is 0 Å². The molecule has 3 nitrogen and oxygen atoms in total. The molecule has 0 bridgehead atoms. The van der Waals surface area contributed by atoms with Crippen molar-refractivity contribution >= 4 is 5.97 Å². The van der Waals surface area contributed by atoms with Gasteiger partial charge in [-0.2, -0.15) is 0 Å². The van der Waals surface area contributed by atoms with Gasteiger partial charge in [-0.05, 0) is 24.1 Å². The Hall–Kier alpha value is -1.79. The Morgan fingerprint density at radius 1 is 1.38 bits per heavy atom. The van der Waals surface area contributed by atoms with Crippen LogP contribution in [0.3, 0.4) is 0 Å². The Kier molecular flexibility index (Phi) is 5.10. The molecule has 0 amide bonds. The molecule has 0 saturated heterocycles. The van der Waals surface area contributed by atoms with Gasteiger partial charge < -0.3 is 9.84 Å². The molecule has 1 N–H and O–H groups in total. The molecule has 3 heteroatoms. The molecule has 1 aromatic carbocycles. The molecule has 0 spiro atoms. The Balaban J connectivity index is 2.57. The van der Waals surface area contributed by atoms with Crippen LogP contribution in [0.15, 0.2) is 24.3 Å². The molecule has 1 rings (SSSR count). The number of rotatable bonds is 3. The highest BCUT2D eigenvalue weighted by atomic mass is 16.5. The van der Waals surface area contributed by atoms with Crippen LogP contribution in [-0.4, -0.2) is 24.8 Å². The van der Waals surface area contributed by atoms with E-state index in [2.05, 4.69) is 16.6 Å². The molecule has 16 heavy (non-hydrogen) atoms. The van der Waals surface area contributed by atoms with Crippen LogP contribution < -0.4 is 0 Å². The van der Waals surface area contributed by atoms with Crippen LogP contribution in [-0.2, 0) is 16.0 Å². The maximum atomic E-state index is 10.8. The lowest BCUT2D eigenvalue weighted by atomic mass is 10.1. The fourth-order valence-corrected chi connectivity index (χ4v) is 1.17. The van der Waals surface area contributed by atoms with Crippen LogP contribution in [0.2, 0.25) is 0 Å². The second kappa shape index (κ2) is 6.65. The quantitative estimate of drug-likeness (QED) is 0.611. The topological polar surface area (TPSA) is 46.5 Å². The SMILES string of the molecule is COC(=O)CC#Cc1ccc(CCO)cc1. The van der Waals surface area contributed by atoms with Crippen molar-refractivity contribution in [3.05, 3.63) is 35.4 Å². The van der Waals surface area contributed by atoms with Gasteiger partial charge in [-0.3, -0.25) is 4.79 Å². The smallest absolute Gasteiger partial charge is 0.317 e. The molecule has 0 radical (unpaired) electrons. The summed E-state index contributed by atoms with van der Waals surface area (Å²) in [4.78, 5) is 10.8. The first-order valence-corrected chi connectivity index (χ1v) is 5.01. The maximum absolute atomic E-state index is 10.8. The molecule has 84 valence electrons. The lowest BCUT2D eigenvalue weighted by Crippen LogP contribution is -1.97. The molecular formula is C13H14O3. The molecular weight excluding hydrogens is 204 g/mol. The Labute approximate surface area is 95.1 Å². The number of carbonyl (C=O) groups excluding carboxylic acids is 1. The highest BCUT2D eigenvalue weighted by Gasteiger charge is 1.94. The van der Waals surface area contributed by atoms with Gasteiger partial charge in [-0.15, -0.1) is 0 Å². The average Bonchev–Trinajstić information content (AvgIpc) is 2.31. The number of aliphatic hydroxyl groups excluding tert-OH is 1. The molecule has 0 fully saturated rings. The van der Waals surface area contributed by atoms with Gasteiger partial charge in [0, 0.05) is 12.2 Å². The molecule has 0 aromatic heterocycles. The van der Waals surface area contributed by atoms with Crippen LogP contribution in [0.1, 0.15) is 17.5 Å². The van der Waals surface area contributed by atoms with Crippen LogP contribution in [0, 0.1) is 11.8 Å². The number of carbonyl (C=O) groups is 1. The molecule has 1 aromatic rings. The first-order chi connectivity index (χ1) is 7.76. The van der Waals surface area contributed by atoms with E-state index in [0.29, 0.717) is 6.42 Å². The summed E-state index contributed by atoms with van der Waals surface area (Å²) in [5.74, 6) is 5.27. The van der Waals surface area contributed by atoms with Crippen LogP contribution in [0.5, 0.6) is 0 Å². The summed E-state index contributed by atoms with van der Waals surface area (Å²) in [7, 11) is 1.34. The van der Waals surface area contributed by atoms with E-state index in [-0.39, 0.29) is 19.0 Å². The zero-order chi connectivity index (χ0) is 11.8. The number of aliphatic hydroxyl groups is 1. The first-order valence-electron chi connectivity index (χ1n) is 5.01. The highest BCUT2D eigenvalue weighted by molar-refractivity contribution is 5.72. The maximum Gasteiger partial charge on any atom is 0.317 e. The fourth-order valence-electron chi connectivity index (χ4n) is 1.17. The van der Waals surface area contributed by atoms with Gasteiger partial charge in [0.05, 0.1) is 7.11 Å². The van der Waals surface area contributed by atoms with Crippen molar-refractivity contribution in [2.75, 3.05) is 13.7 Å². The number of esters is 1. The predicted molar refractivity (Wildman–Crippen MR) is 60.7 cm³/mol. The minimum atomic E-state index is -0.329. The minimum Gasteiger partial charge on any atom is -0.468 e. The second-order valence-electron chi connectivity index (χ2n) is 3.23. The third-order valence-corrected chi connectivity index (χ3v) is 2.05. The summed E-state index contributed by atoms with van der Waals surface area (Å²) in [6.45, 7) is 0.146. The first kappa shape index (κ1) is 12.3. The summed E-state index contributed by atoms with van der Waals surface area (Å²) in [6, 6.07) is 7.57. The monoisotopic (exact) mass is 218 g/mol. The lowest BCUT2D eigenvalue weighted by molar-refractivity contribution is -0.139. The van der Waals surface area contributed by atoms with Crippen LogP contribution in [0.4, 0.5) is 0 Å². The molecule has 0 aliphatic heterocycles. The van der Waals surface area contributed by atoms with Gasteiger partial charge in [0.1, 0.15) is 6.42 Å². The van der Waals surface area contributed by atoms with Gasteiger partial charge in [-0.25, -0.2) is 0 Å². The number of ether oxygens (including phenoxy) is 1. The largest absolute Gasteiger partial charge is 0.468 e. The number of hydrogen-bond acceptors (Lipinski definition) is 3. The second-order valence-corrected chi connectivity index (χ2v) is 3.23. The van der Waals surface area contributed by atoms with E-state index in [0.717, 1.165) is 11.1 Å². The summed E-state index contributed by atoms with van der Waals surface area (Å²) in [5.41, 5.74) is 1.92. The van der Waals surface area contributed by atoms with E-state index in [9.17, 15) is 4.79 Å². The molecule has 0 aliphatic rings. The molecule has 0 saturated carbocycles. The summed E-state index contributed by atoms with van der Waals surface area (Å²) in [6.07, 6.45) is 0.755. The number of hydrogen-bond donors (Lipinski definition) is 1. The Morgan fingerprint density at radius 2 is 2.06 bits per heavy atom. The summed E-state index contributed by atoms with van der Waals surface area (Å²) in [5, 5.41) is 8.74. The van der Waals surface area contributed by atoms with E-state index in [1.807, 2.05) is 24.3 Å². The summed E-state index contributed by atoms with van der Waals surface area (Å²) < 4.78 is 4.47. The standard InChI is InChI=1S/C13H14O3/c1-16-13(15)4-2-3-11-5-7-12(8-6-11)9-10-14/h5-8,14H,4,9-10H2,1H3. The average molecular weight is 218 g/mol. The molecule has 0 atom stereocenters. The van der Waals surface area contributed by atoms with E-state index >= 15 is 0 Å². The van der Waals surface area contributed by atoms with Gasteiger partial charge in [0.25, 0.3) is 0 Å². The van der Waals surface area contributed by atoms with Gasteiger partial charge in [0.2, 0.25) is 0 Å². The van der Waals surface area contributed by atoms with Crippen molar-refractivity contribution < 1.29 is 14.6 Å². The number of methoxy groups -OCH3 is 1. The zero-order valence-electron chi connectivity index (χ0n) is 9.19. The summed E-state index contributed by atoms with van der Waals surface area (Å²) >= 11 is 0. The predicted octanol–water partition coefficient (Wildman–Crippen LogP) is 1.14. The Bertz CT molecular complexity index is 395. The van der Waals surface area contributed by atoms with Crippen molar-refractivity contribution in [2.24, 2.45) is 0 Å². The molecule has 0 aliphatic carbocycles. The van der Waals surface area contributed by atoms with Crippen molar-refractivity contribution in [1.82, 2.24) is 0 Å². The number of benzene rings is 1. The Morgan fingerprint density at radius 3 is 2.62 bits per heavy atom. The molecule has 0 unspecified atom stereocenters. The van der Waals surface area contributed by atoms with Crippen molar-refractivity contribution in [1.29, 1.82) is 0 Å². The van der Waals surface area contributed by atoms with E-state index in [4.69, 9.17) is 5.11 Å². The third kappa shape index (κ3) is 4.16. The normalized spacial score (nSPS) is 9.12. The van der Waals surface area contributed by atoms with Crippen molar-refractivity contribution in [3.63, 3.8) is 0 Å². The van der Waals surface area contributed by atoms with Crippen LogP contribution >= 0.6 is 0 Å². The van der Waals surface area contributed by atoms with E-state index in [1.165, 1.54) is 7.11 Å². The molecule has 0 heterocycles. The fraction of sp³-hybridized carbons (Fsp3) is 0.308.